The number of aryl methyl sites for hydroxylation is 1. The fourth-order valence-electron chi connectivity index (χ4n) is 2.02. The van der Waals surface area contributed by atoms with Gasteiger partial charge in [-0.2, -0.15) is 0 Å². The summed E-state index contributed by atoms with van der Waals surface area (Å²) in [4.78, 5) is 13.7. The molecule has 1 fully saturated rings. The van der Waals surface area contributed by atoms with Gasteiger partial charge in [-0.05, 0) is 24.1 Å². The molecule has 0 saturated carbocycles. The van der Waals surface area contributed by atoms with Crippen molar-refractivity contribution >= 4 is 18.3 Å². The lowest BCUT2D eigenvalue weighted by Crippen LogP contribution is -2.46. The number of carbonyl (C=O) groups excluding carboxylic acids is 1. The number of carbonyl (C=O) groups is 1. The number of rotatable bonds is 3. The monoisotopic (exact) mass is 272 g/mol. The van der Waals surface area contributed by atoms with Crippen molar-refractivity contribution in [2.75, 3.05) is 26.2 Å². The van der Waals surface area contributed by atoms with E-state index in [-0.39, 0.29) is 24.1 Å². The highest BCUT2D eigenvalue weighted by atomic mass is 35.5. The second-order valence-electron chi connectivity index (χ2n) is 4.26. The van der Waals surface area contributed by atoms with E-state index in [1.807, 2.05) is 11.0 Å². The van der Waals surface area contributed by atoms with Gasteiger partial charge in [-0.15, -0.1) is 12.4 Å². The zero-order valence-corrected chi connectivity index (χ0v) is 11.0. The van der Waals surface area contributed by atoms with Crippen molar-refractivity contribution in [2.24, 2.45) is 0 Å². The Morgan fingerprint density at radius 1 is 1.33 bits per heavy atom. The number of benzene rings is 1. The highest BCUT2D eigenvalue weighted by Gasteiger charge is 2.15. The van der Waals surface area contributed by atoms with Crippen LogP contribution in [0.2, 0.25) is 0 Å². The van der Waals surface area contributed by atoms with E-state index in [1.54, 1.807) is 6.07 Å². The maximum Gasteiger partial charge on any atom is 0.222 e. The lowest BCUT2D eigenvalue weighted by atomic mass is 10.1. The molecule has 0 spiro atoms. The zero-order chi connectivity index (χ0) is 12.1. The van der Waals surface area contributed by atoms with Gasteiger partial charge in [0.2, 0.25) is 5.91 Å². The van der Waals surface area contributed by atoms with E-state index in [9.17, 15) is 9.18 Å². The van der Waals surface area contributed by atoms with Gasteiger partial charge in [0, 0.05) is 32.6 Å². The second-order valence-corrected chi connectivity index (χ2v) is 4.26. The minimum absolute atomic E-state index is 0. The molecule has 3 nitrogen and oxygen atoms in total. The summed E-state index contributed by atoms with van der Waals surface area (Å²) in [5.41, 5.74) is 0.883. The number of piperazine rings is 1. The highest BCUT2D eigenvalue weighted by molar-refractivity contribution is 5.85. The molecular formula is C13H18ClFN2O. The first-order valence-corrected chi connectivity index (χ1v) is 5.98. The van der Waals surface area contributed by atoms with E-state index in [0.717, 1.165) is 31.7 Å². The zero-order valence-electron chi connectivity index (χ0n) is 10.2. The van der Waals surface area contributed by atoms with Crippen LogP contribution >= 0.6 is 12.4 Å². The van der Waals surface area contributed by atoms with Crippen LogP contribution in [0.25, 0.3) is 0 Å². The van der Waals surface area contributed by atoms with Gasteiger partial charge in [-0.1, -0.05) is 12.1 Å². The number of nitrogens with zero attached hydrogens (tertiary/aromatic N) is 1. The first kappa shape index (κ1) is 14.9. The Kier molecular flexibility index (Phi) is 6.09. The summed E-state index contributed by atoms with van der Waals surface area (Å²) in [6.07, 6.45) is 1.07. The van der Waals surface area contributed by atoms with Gasteiger partial charge in [0.1, 0.15) is 5.82 Å². The summed E-state index contributed by atoms with van der Waals surface area (Å²) < 4.78 is 12.9. The predicted octanol–water partition coefficient (Wildman–Crippen LogP) is 1.61. The maximum atomic E-state index is 12.9. The maximum absolute atomic E-state index is 12.9. The number of hydrogen-bond acceptors (Lipinski definition) is 2. The molecule has 100 valence electrons. The molecule has 5 heteroatoms. The molecule has 1 aromatic rings. The van der Waals surface area contributed by atoms with Gasteiger partial charge in [-0.3, -0.25) is 4.79 Å². The van der Waals surface area contributed by atoms with Crippen LogP contribution in [-0.2, 0) is 11.2 Å². The van der Waals surface area contributed by atoms with Crippen LogP contribution in [0.5, 0.6) is 0 Å². The Labute approximate surface area is 113 Å². The Hall–Kier alpha value is -1.13. The SMILES string of the molecule is Cl.O=C(CCc1cccc(F)c1)N1CCNCC1. The van der Waals surface area contributed by atoms with Crippen molar-refractivity contribution in [3.8, 4) is 0 Å². The van der Waals surface area contributed by atoms with Crippen LogP contribution in [0.3, 0.4) is 0 Å². The molecule has 0 aliphatic carbocycles. The summed E-state index contributed by atoms with van der Waals surface area (Å²) >= 11 is 0. The molecule has 1 aliphatic heterocycles. The number of halogens is 2. The normalized spacial score (nSPS) is 15.1. The lowest BCUT2D eigenvalue weighted by Gasteiger charge is -2.27. The molecule has 18 heavy (non-hydrogen) atoms. The third-order valence-corrected chi connectivity index (χ3v) is 2.99. The second kappa shape index (κ2) is 7.34. The van der Waals surface area contributed by atoms with Crippen molar-refractivity contribution in [3.63, 3.8) is 0 Å². The number of amides is 1. The smallest absolute Gasteiger partial charge is 0.222 e. The minimum Gasteiger partial charge on any atom is -0.340 e. The Morgan fingerprint density at radius 3 is 2.72 bits per heavy atom. The standard InChI is InChI=1S/C13H17FN2O.ClH/c14-12-3-1-2-11(10-12)4-5-13(17)16-8-6-15-7-9-16;/h1-3,10,15H,4-9H2;1H. The molecule has 1 aliphatic rings. The van der Waals surface area contributed by atoms with Gasteiger partial charge < -0.3 is 10.2 Å². The van der Waals surface area contributed by atoms with E-state index in [1.165, 1.54) is 12.1 Å². The average Bonchev–Trinajstić information content (AvgIpc) is 2.37. The predicted molar refractivity (Wildman–Crippen MR) is 71.4 cm³/mol. The molecule has 1 heterocycles. The van der Waals surface area contributed by atoms with E-state index >= 15 is 0 Å². The van der Waals surface area contributed by atoms with Crippen LogP contribution in [-0.4, -0.2) is 37.0 Å². The third-order valence-electron chi connectivity index (χ3n) is 2.99. The Morgan fingerprint density at radius 2 is 2.06 bits per heavy atom. The summed E-state index contributed by atoms with van der Waals surface area (Å²) in [5.74, 6) is -0.0760. The first-order valence-electron chi connectivity index (χ1n) is 5.98. The summed E-state index contributed by atoms with van der Waals surface area (Å²) in [7, 11) is 0. The van der Waals surface area contributed by atoms with Crippen molar-refractivity contribution in [1.82, 2.24) is 10.2 Å². The molecule has 1 saturated heterocycles. The van der Waals surface area contributed by atoms with Gasteiger partial charge in [0.05, 0.1) is 0 Å². The molecule has 1 N–H and O–H groups in total. The minimum atomic E-state index is -0.239. The van der Waals surface area contributed by atoms with Gasteiger partial charge in [0.25, 0.3) is 0 Å². The molecule has 1 amide bonds. The Balaban J connectivity index is 0.00000162. The van der Waals surface area contributed by atoms with Crippen LogP contribution < -0.4 is 5.32 Å². The van der Waals surface area contributed by atoms with Crippen LogP contribution in [0.1, 0.15) is 12.0 Å². The van der Waals surface area contributed by atoms with Gasteiger partial charge >= 0.3 is 0 Å². The average molecular weight is 273 g/mol. The highest BCUT2D eigenvalue weighted by Crippen LogP contribution is 2.08. The van der Waals surface area contributed by atoms with Crippen LogP contribution in [0.15, 0.2) is 24.3 Å². The Bertz CT molecular complexity index is 394. The summed E-state index contributed by atoms with van der Waals surface area (Å²) in [6.45, 7) is 3.29. The van der Waals surface area contributed by atoms with Crippen molar-refractivity contribution in [1.29, 1.82) is 0 Å². The van der Waals surface area contributed by atoms with E-state index in [2.05, 4.69) is 5.32 Å². The van der Waals surface area contributed by atoms with E-state index < -0.39 is 0 Å². The fraction of sp³-hybridized carbons (Fsp3) is 0.462. The van der Waals surface area contributed by atoms with E-state index in [4.69, 9.17) is 0 Å². The molecule has 1 aromatic carbocycles. The van der Waals surface area contributed by atoms with Gasteiger partial charge in [0.15, 0.2) is 0 Å². The third kappa shape index (κ3) is 4.27. The quantitative estimate of drug-likeness (QED) is 0.907. The molecule has 0 atom stereocenters. The lowest BCUT2D eigenvalue weighted by molar-refractivity contribution is -0.131. The van der Waals surface area contributed by atoms with E-state index in [0.29, 0.717) is 12.8 Å². The van der Waals surface area contributed by atoms with Crippen LogP contribution in [0.4, 0.5) is 4.39 Å². The van der Waals surface area contributed by atoms with Crippen molar-refractivity contribution in [2.45, 2.75) is 12.8 Å². The summed E-state index contributed by atoms with van der Waals surface area (Å²) in [6, 6.07) is 6.45. The van der Waals surface area contributed by atoms with Crippen molar-refractivity contribution in [3.05, 3.63) is 35.6 Å². The molecule has 0 radical (unpaired) electrons. The number of nitrogens with one attached hydrogen (secondary N) is 1. The molecule has 2 rings (SSSR count). The topological polar surface area (TPSA) is 32.3 Å². The van der Waals surface area contributed by atoms with Gasteiger partial charge in [-0.25, -0.2) is 4.39 Å². The van der Waals surface area contributed by atoms with Crippen molar-refractivity contribution < 1.29 is 9.18 Å². The summed E-state index contributed by atoms with van der Waals surface area (Å²) in [5, 5.41) is 3.21. The molecule has 0 bridgehead atoms. The molecular weight excluding hydrogens is 255 g/mol. The largest absolute Gasteiger partial charge is 0.340 e. The molecule has 0 unspecified atom stereocenters. The molecule has 0 aromatic heterocycles. The fourth-order valence-corrected chi connectivity index (χ4v) is 2.02. The van der Waals surface area contributed by atoms with Crippen LogP contribution in [0, 0.1) is 5.82 Å². The number of hydrogen-bond donors (Lipinski definition) is 1. The first-order chi connectivity index (χ1) is 8.25.